The van der Waals surface area contributed by atoms with Crippen molar-refractivity contribution < 1.29 is 24.2 Å². The Balaban J connectivity index is 1.55. The van der Waals surface area contributed by atoms with Crippen molar-refractivity contribution in [1.82, 2.24) is 10.2 Å². The second-order valence-electron chi connectivity index (χ2n) is 10.2. The normalized spacial score (nSPS) is 14.5. The van der Waals surface area contributed by atoms with Gasteiger partial charge in [-0.25, -0.2) is 9.59 Å². The largest absolute Gasteiger partial charge is 0.480 e. The standard InChI is InChI=1S/C27H34N2O5/c1-17(14-24(30)29(5)23(25(31)32)15-27(2,3)4)28-26(33)34-16-22-20-12-8-6-10-18(20)19-11-7-9-13-21(19)22/h6-13,17,22-23H,14-16H2,1-5H3,(H,28,33)(H,31,32)/t17-,23?/m0/s1. The predicted octanol–water partition coefficient (Wildman–Crippen LogP) is 4.65. The number of hydrogen-bond donors (Lipinski definition) is 2. The first-order valence-corrected chi connectivity index (χ1v) is 11.6. The number of likely N-dealkylation sites (N-methyl/N-ethyl adjacent to an activating group) is 1. The Morgan fingerprint density at radius 2 is 1.56 bits per heavy atom. The maximum absolute atomic E-state index is 12.7. The summed E-state index contributed by atoms with van der Waals surface area (Å²) in [5.41, 5.74) is 4.30. The van der Waals surface area contributed by atoms with Gasteiger partial charge < -0.3 is 20.1 Å². The van der Waals surface area contributed by atoms with Crippen molar-refractivity contribution in [1.29, 1.82) is 0 Å². The van der Waals surface area contributed by atoms with Gasteiger partial charge in [-0.1, -0.05) is 69.3 Å². The summed E-state index contributed by atoms with van der Waals surface area (Å²) in [7, 11) is 1.49. The molecule has 0 aromatic heterocycles. The molecular weight excluding hydrogens is 432 g/mol. The lowest BCUT2D eigenvalue weighted by Gasteiger charge is -2.31. The van der Waals surface area contributed by atoms with Crippen LogP contribution in [0.2, 0.25) is 0 Å². The number of ether oxygens (including phenoxy) is 1. The zero-order valence-corrected chi connectivity index (χ0v) is 20.5. The third-order valence-electron chi connectivity index (χ3n) is 6.14. The van der Waals surface area contributed by atoms with Gasteiger partial charge in [-0.15, -0.1) is 0 Å². The second-order valence-corrected chi connectivity index (χ2v) is 10.2. The molecule has 0 spiro atoms. The van der Waals surface area contributed by atoms with E-state index in [1.807, 2.05) is 45.0 Å². The van der Waals surface area contributed by atoms with E-state index in [1.54, 1.807) is 6.92 Å². The monoisotopic (exact) mass is 466 g/mol. The summed E-state index contributed by atoms with van der Waals surface area (Å²) in [5.74, 6) is -1.43. The molecule has 34 heavy (non-hydrogen) atoms. The summed E-state index contributed by atoms with van der Waals surface area (Å²) >= 11 is 0. The average Bonchev–Trinajstić information content (AvgIpc) is 3.08. The molecule has 2 aromatic carbocycles. The molecule has 1 aliphatic rings. The van der Waals surface area contributed by atoms with Crippen molar-refractivity contribution in [3.05, 3.63) is 59.7 Å². The van der Waals surface area contributed by atoms with Crippen LogP contribution in [0.5, 0.6) is 0 Å². The fourth-order valence-corrected chi connectivity index (χ4v) is 4.44. The van der Waals surface area contributed by atoms with Crippen LogP contribution in [0.3, 0.4) is 0 Å². The Kier molecular flexibility index (Phi) is 7.64. The van der Waals surface area contributed by atoms with Gasteiger partial charge in [0.2, 0.25) is 5.91 Å². The van der Waals surface area contributed by atoms with Crippen LogP contribution in [0.4, 0.5) is 4.79 Å². The van der Waals surface area contributed by atoms with E-state index >= 15 is 0 Å². The molecule has 3 rings (SSSR count). The van der Waals surface area contributed by atoms with Crippen LogP contribution in [0.1, 0.15) is 57.6 Å². The Morgan fingerprint density at radius 3 is 2.06 bits per heavy atom. The molecule has 1 unspecified atom stereocenters. The first-order valence-electron chi connectivity index (χ1n) is 11.6. The van der Waals surface area contributed by atoms with Gasteiger partial charge in [0.25, 0.3) is 0 Å². The van der Waals surface area contributed by atoms with Crippen molar-refractivity contribution in [3.8, 4) is 11.1 Å². The van der Waals surface area contributed by atoms with Crippen LogP contribution in [0.25, 0.3) is 11.1 Å². The maximum Gasteiger partial charge on any atom is 0.407 e. The van der Waals surface area contributed by atoms with Crippen LogP contribution in [0, 0.1) is 5.41 Å². The number of carboxylic acid groups (broad SMARTS) is 1. The molecule has 2 amide bonds. The van der Waals surface area contributed by atoms with Gasteiger partial charge in [0, 0.05) is 25.4 Å². The van der Waals surface area contributed by atoms with Crippen molar-refractivity contribution in [2.45, 2.75) is 58.5 Å². The lowest BCUT2D eigenvalue weighted by molar-refractivity contribution is -0.150. The Labute approximate surface area is 201 Å². The summed E-state index contributed by atoms with van der Waals surface area (Å²) in [6.45, 7) is 7.69. The Morgan fingerprint density at radius 1 is 1.03 bits per heavy atom. The lowest BCUT2D eigenvalue weighted by atomic mass is 9.87. The van der Waals surface area contributed by atoms with Crippen molar-refractivity contribution in [3.63, 3.8) is 0 Å². The number of alkyl carbamates (subject to hydrolysis) is 1. The fraction of sp³-hybridized carbons (Fsp3) is 0.444. The minimum atomic E-state index is -1.04. The zero-order chi connectivity index (χ0) is 25.0. The molecule has 0 heterocycles. The molecular formula is C27H34N2O5. The van der Waals surface area contributed by atoms with Crippen LogP contribution in [-0.2, 0) is 14.3 Å². The molecule has 7 nitrogen and oxygen atoms in total. The second kappa shape index (κ2) is 10.3. The molecule has 1 aliphatic carbocycles. The van der Waals surface area contributed by atoms with Crippen molar-refractivity contribution >= 4 is 18.0 Å². The molecule has 0 bridgehead atoms. The molecule has 0 radical (unpaired) electrons. The minimum absolute atomic E-state index is 0.0192. The van der Waals surface area contributed by atoms with Gasteiger partial charge in [-0.2, -0.15) is 0 Å². The van der Waals surface area contributed by atoms with Crippen molar-refractivity contribution in [2.75, 3.05) is 13.7 Å². The highest BCUT2D eigenvalue weighted by Crippen LogP contribution is 2.44. The number of hydrogen-bond acceptors (Lipinski definition) is 4. The van der Waals surface area contributed by atoms with Gasteiger partial charge in [0.15, 0.2) is 0 Å². The Bertz CT molecular complexity index is 1010. The van der Waals surface area contributed by atoms with Gasteiger partial charge in [-0.05, 0) is 41.0 Å². The lowest BCUT2D eigenvalue weighted by Crippen LogP contribution is -2.46. The van der Waals surface area contributed by atoms with Gasteiger partial charge in [-0.3, -0.25) is 4.79 Å². The number of rotatable bonds is 8. The summed E-state index contributed by atoms with van der Waals surface area (Å²) < 4.78 is 5.53. The first-order chi connectivity index (χ1) is 16.0. The highest BCUT2D eigenvalue weighted by atomic mass is 16.5. The number of carbonyl (C=O) groups excluding carboxylic acids is 2. The highest BCUT2D eigenvalue weighted by Gasteiger charge is 2.32. The number of aliphatic carboxylic acids is 1. The Hall–Kier alpha value is -3.35. The number of nitrogens with one attached hydrogen (secondary N) is 1. The van der Waals surface area contributed by atoms with Crippen molar-refractivity contribution in [2.24, 2.45) is 5.41 Å². The summed E-state index contributed by atoms with van der Waals surface area (Å²) in [4.78, 5) is 38.1. The van der Waals surface area contributed by atoms with E-state index in [0.717, 1.165) is 22.3 Å². The smallest absolute Gasteiger partial charge is 0.407 e. The number of carbonyl (C=O) groups is 3. The molecule has 2 N–H and O–H groups in total. The zero-order valence-electron chi connectivity index (χ0n) is 20.5. The summed E-state index contributed by atoms with van der Waals surface area (Å²) in [6, 6.07) is 14.8. The quantitative estimate of drug-likeness (QED) is 0.590. The number of benzene rings is 2. The third kappa shape index (κ3) is 5.95. The maximum atomic E-state index is 12.7. The van der Waals surface area contributed by atoms with E-state index in [-0.39, 0.29) is 30.3 Å². The average molecular weight is 467 g/mol. The number of nitrogens with zero attached hydrogens (tertiary/aromatic N) is 1. The van der Waals surface area contributed by atoms with Crippen LogP contribution in [0.15, 0.2) is 48.5 Å². The van der Waals surface area contributed by atoms with Crippen LogP contribution < -0.4 is 5.32 Å². The highest BCUT2D eigenvalue weighted by molar-refractivity contribution is 5.84. The predicted molar refractivity (Wildman–Crippen MR) is 131 cm³/mol. The fourth-order valence-electron chi connectivity index (χ4n) is 4.44. The van der Waals surface area contributed by atoms with Crippen LogP contribution >= 0.6 is 0 Å². The molecule has 2 atom stereocenters. The SMILES string of the molecule is C[C@@H](CC(=O)N(C)C(CC(C)(C)C)C(=O)O)NC(=O)OCC1c2ccccc2-c2ccccc21. The molecule has 2 aromatic rings. The molecule has 182 valence electrons. The summed E-state index contributed by atoms with van der Waals surface area (Å²) in [6.07, 6.45) is -0.290. The molecule has 0 aliphatic heterocycles. The van der Waals surface area contributed by atoms with E-state index in [9.17, 15) is 19.5 Å². The number of amides is 2. The van der Waals surface area contributed by atoms with Crippen LogP contribution in [-0.4, -0.2) is 53.7 Å². The molecule has 0 fully saturated rings. The van der Waals surface area contributed by atoms with E-state index in [0.29, 0.717) is 6.42 Å². The molecule has 0 saturated heterocycles. The van der Waals surface area contributed by atoms with E-state index < -0.39 is 24.1 Å². The topological polar surface area (TPSA) is 95.9 Å². The van der Waals surface area contributed by atoms with E-state index in [2.05, 4.69) is 29.6 Å². The minimum Gasteiger partial charge on any atom is -0.480 e. The third-order valence-corrected chi connectivity index (χ3v) is 6.14. The van der Waals surface area contributed by atoms with Gasteiger partial charge in [0.05, 0.1) is 0 Å². The van der Waals surface area contributed by atoms with E-state index in [1.165, 1.54) is 11.9 Å². The van der Waals surface area contributed by atoms with Gasteiger partial charge in [0.1, 0.15) is 12.6 Å². The number of carboxylic acids is 1. The first kappa shape index (κ1) is 25.3. The molecule has 7 heteroatoms. The number of fused-ring (bicyclic) bond motifs is 3. The van der Waals surface area contributed by atoms with E-state index in [4.69, 9.17) is 4.74 Å². The van der Waals surface area contributed by atoms with Gasteiger partial charge >= 0.3 is 12.1 Å². The molecule has 0 saturated carbocycles. The summed E-state index contributed by atoms with van der Waals surface area (Å²) in [5, 5.41) is 12.3.